The van der Waals surface area contributed by atoms with Crippen LogP contribution in [0.5, 0.6) is 0 Å². The third kappa shape index (κ3) is 3.25. The van der Waals surface area contributed by atoms with E-state index in [2.05, 4.69) is 4.99 Å². The molecule has 25 heavy (non-hydrogen) atoms. The van der Waals surface area contributed by atoms with E-state index in [4.69, 9.17) is 0 Å². The lowest BCUT2D eigenvalue weighted by atomic mass is 10.1. The van der Waals surface area contributed by atoms with Crippen molar-refractivity contribution in [1.82, 2.24) is 4.90 Å². The van der Waals surface area contributed by atoms with Gasteiger partial charge in [-0.3, -0.25) is 29.4 Å². The Morgan fingerprint density at radius 2 is 2.04 bits per heavy atom. The second-order valence-corrected chi connectivity index (χ2v) is 8.25. The summed E-state index contributed by atoms with van der Waals surface area (Å²) >= 11 is 1.40. The molecule has 2 heterocycles. The molecule has 2 aliphatic rings. The van der Waals surface area contributed by atoms with E-state index in [-0.39, 0.29) is 11.1 Å². The van der Waals surface area contributed by atoms with Crippen molar-refractivity contribution in [1.29, 1.82) is 0 Å². The Morgan fingerprint density at radius 1 is 1.40 bits per heavy atom. The highest BCUT2D eigenvalue weighted by Gasteiger charge is 2.54. The molecule has 1 fully saturated rings. The molecule has 9 nitrogen and oxygen atoms in total. The standard InChI is InChI=1S/C14H14N3O6PS/c1-8-7-25-14-11(12(18)16(14)13(8)24(21,22)23)15-6-9-2-4-10(5-3-9)17(19)20/h2-6,11,14H,7H2,1H3,(H2,21,22,23)/t11-,14-/m0/s1. The Hall–Kier alpha value is -2.00. The highest BCUT2D eigenvalue weighted by molar-refractivity contribution is 8.00. The normalized spacial score (nSPS) is 23.6. The number of carbonyl (C=O) groups is 1. The lowest BCUT2D eigenvalue weighted by Gasteiger charge is -2.48. The minimum absolute atomic E-state index is 0.0437. The van der Waals surface area contributed by atoms with Crippen molar-refractivity contribution in [2.45, 2.75) is 18.3 Å². The molecule has 2 atom stereocenters. The minimum atomic E-state index is -4.54. The van der Waals surface area contributed by atoms with Crippen LogP contribution in [0.3, 0.4) is 0 Å². The Bertz CT molecular complexity index is 847. The number of amides is 1. The predicted octanol–water partition coefficient (Wildman–Crippen LogP) is 1.71. The number of hydrogen-bond donors (Lipinski definition) is 2. The van der Waals surface area contributed by atoms with Gasteiger partial charge in [0.1, 0.15) is 10.8 Å². The van der Waals surface area contributed by atoms with Gasteiger partial charge in [-0.25, -0.2) is 0 Å². The maximum Gasteiger partial charge on any atom is 0.372 e. The monoisotopic (exact) mass is 383 g/mol. The number of nitro groups is 1. The van der Waals surface area contributed by atoms with Gasteiger partial charge < -0.3 is 9.79 Å². The predicted molar refractivity (Wildman–Crippen MR) is 92.3 cm³/mol. The summed E-state index contributed by atoms with van der Waals surface area (Å²) in [5.41, 5.74) is 0.821. The Kier molecular flexibility index (Phi) is 4.54. The molecule has 11 heteroatoms. The molecular formula is C14H14N3O6PS. The Labute approximate surface area is 146 Å². The number of thioether (sulfide) groups is 1. The van der Waals surface area contributed by atoms with E-state index in [1.807, 2.05) is 0 Å². The molecule has 0 aromatic heterocycles. The zero-order valence-corrected chi connectivity index (χ0v) is 14.7. The summed E-state index contributed by atoms with van der Waals surface area (Å²) in [5.74, 6) is -0.0497. The molecule has 132 valence electrons. The van der Waals surface area contributed by atoms with Gasteiger partial charge in [0.2, 0.25) is 0 Å². The SMILES string of the molecule is CC1=C(P(=O)(O)O)N2C(=O)[C@H](N=Cc3ccc([N+](=O)[O-])cc3)[C@@H]2SC1. The number of benzene rings is 1. The molecule has 0 bridgehead atoms. The van der Waals surface area contributed by atoms with Crippen LogP contribution in [0, 0.1) is 10.1 Å². The van der Waals surface area contributed by atoms with E-state index in [1.54, 1.807) is 6.92 Å². The lowest BCUT2D eigenvalue weighted by molar-refractivity contribution is -0.384. The van der Waals surface area contributed by atoms with E-state index in [0.29, 0.717) is 16.9 Å². The van der Waals surface area contributed by atoms with Gasteiger partial charge >= 0.3 is 7.60 Å². The van der Waals surface area contributed by atoms with Crippen LogP contribution in [0.1, 0.15) is 12.5 Å². The minimum Gasteiger partial charge on any atom is -0.320 e. The molecule has 0 aliphatic carbocycles. The van der Waals surface area contributed by atoms with Gasteiger partial charge in [0.15, 0.2) is 6.04 Å². The first-order chi connectivity index (χ1) is 11.7. The number of aliphatic imine (C=N–C) groups is 1. The second-order valence-electron chi connectivity index (χ2n) is 5.63. The number of rotatable bonds is 4. The molecule has 1 aromatic carbocycles. The van der Waals surface area contributed by atoms with Gasteiger partial charge in [0.25, 0.3) is 11.6 Å². The summed E-state index contributed by atoms with van der Waals surface area (Å²) in [6.07, 6.45) is 1.44. The molecule has 1 amide bonds. The molecule has 2 N–H and O–H groups in total. The molecule has 0 radical (unpaired) electrons. The van der Waals surface area contributed by atoms with Crippen molar-refractivity contribution in [2.24, 2.45) is 4.99 Å². The number of β-lactam (4-membered cyclic amide) rings is 1. The first kappa shape index (κ1) is 17.8. The average molecular weight is 383 g/mol. The van der Waals surface area contributed by atoms with E-state index in [9.17, 15) is 29.3 Å². The molecule has 3 rings (SSSR count). The van der Waals surface area contributed by atoms with Gasteiger partial charge in [0.05, 0.1) is 4.92 Å². The topological polar surface area (TPSA) is 133 Å². The number of carbonyl (C=O) groups excluding carboxylic acids is 1. The van der Waals surface area contributed by atoms with Gasteiger partial charge in [-0.05, 0) is 30.2 Å². The fourth-order valence-electron chi connectivity index (χ4n) is 2.69. The summed E-state index contributed by atoms with van der Waals surface area (Å²) in [4.78, 5) is 46.7. The average Bonchev–Trinajstić information content (AvgIpc) is 2.54. The third-order valence-corrected chi connectivity index (χ3v) is 6.42. The van der Waals surface area contributed by atoms with Crippen LogP contribution < -0.4 is 0 Å². The van der Waals surface area contributed by atoms with Gasteiger partial charge in [-0.1, -0.05) is 0 Å². The van der Waals surface area contributed by atoms with Crippen LogP contribution in [0.4, 0.5) is 5.69 Å². The maximum absolute atomic E-state index is 12.3. The van der Waals surface area contributed by atoms with Gasteiger partial charge in [-0.2, -0.15) is 0 Å². The fourth-order valence-corrected chi connectivity index (χ4v) is 5.24. The van der Waals surface area contributed by atoms with Crippen LogP contribution >= 0.6 is 19.4 Å². The van der Waals surface area contributed by atoms with Crippen LogP contribution in [-0.4, -0.2) is 48.9 Å². The van der Waals surface area contributed by atoms with Crippen LogP contribution in [-0.2, 0) is 9.36 Å². The highest BCUT2D eigenvalue weighted by atomic mass is 32.2. The molecule has 0 unspecified atom stereocenters. The highest BCUT2D eigenvalue weighted by Crippen LogP contribution is 2.56. The molecule has 0 saturated carbocycles. The smallest absolute Gasteiger partial charge is 0.320 e. The van der Waals surface area contributed by atoms with E-state index in [1.165, 1.54) is 42.2 Å². The van der Waals surface area contributed by atoms with Crippen LogP contribution in [0.25, 0.3) is 0 Å². The Morgan fingerprint density at radius 3 is 2.60 bits per heavy atom. The maximum atomic E-state index is 12.3. The summed E-state index contributed by atoms with van der Waals surface area (Å²) in [5, 5.41) is 10.2. The zero-order valence-electron chi connectivity index (χ0n) is 13.0. The molecule has 0 spiro atoms. The summed E-state index contributed by atoms with van der Waals surface area (Å²) < 4.78 is 11.6. The van der Waals surface area contributed by atoms with Crippen molar-refractivity contribution in [3.8, 4) is 0 Å². The molecular weight excluding hydrogens is 369 g/mol. The largest absolute Gasteiger partial charge is 0.372 e. The van der Waals surface area contributed by atoms with E-state index < -0.39 is 29.8 Å². The summed E-state index contributed by atoms with van der Waals surface area (Å²) in [6, 6.07) is 4.98. The number of nitro benzene ring substituents is 1. The number of nitrogens with zero attached hydrogens (tertiary/aromatic N) is 3. The lowest BCUT2D eigenvalue weighted by Crippen LogP contribution is -2.63. The number of hydrogen-bond acceptors (Lipinski definition) is 6. The zero-order chi connectivity index (χ0) is 18.4. The van der Waals surface area contributed by atoms with E-state index >= 15 is 0 Å². The van der Waals surface area contributed by atoms with Crippen molar-refractivity contribution < 1.29 is 24.1 Å². The first-order valence-corrected chi connectivity index (χ1v) is 9.84. The van der Waals surface area contributed by atoms with Crippen LogP contribution in [0.15, 0.2) is 40.3 Å². The summed E-state index contributed by atoms with van der Waals surface area (Å²) in [6.45, 7) is 1.60. The van der Waals surface area contributed by atoms with Crippen molar-refractivity contribution in [2.75, 3.05) is 5.75 Å². The number of non-ortho nitro benzene ring substituents is 1. The van der Waals surface area contributed by atoms with Crippen molar-refractivity contribution in [3.05, 3.63) is 51.0 Å². The fraction of sp³-hybridized carbons (Fsp3) is 0.286. The molecule has 2 aliphatic heterocycles. The quantitative estimate of drug-likeness (QED) is 0.266. The molecule has 1 saturated heterocycles. The van der Waals surface area contributed by atoms with Gasteiger partial charge in [0, 0.05) is 24.1 Å². The van der Waals surface area contributed by atoms with E-state index in [0.717, 1.165) is 4.90 Å². The number of fused-ring (bicyclic) bond motifs is 1. The Balaban J connectivity index is 1.78. The van der Waals surface area contributed by atoms with Crippen molar-refractivity contribution in [3.63, 3.8) is 0 Å². The van der Waals surface area contributed by atoms with Crippen LogP contribution in [0.2, 0.25) is 0 Å². The second kappa shape index (κ2) is 6.38. The molecule has 1 aromatic rings. The van der Waals surface area contributed by atoms with Gasteiger partial charge in [-0.15, -0.1) is 11.8 Å². The first-order valence-electron chi connectivity index (χ1n) is 7.18. The van der Waals surface area contributed by atoms with Crippen molar-refractivity contribution >= 4 is 37.2 Å². The summed E-state index contributed by atoms with van der Waals surface area (Å²) in [7, 11) is -4.54. The third-order valence-electron chi connectivity index (χ3n) is 3.86.